The minimum absolute atomic E-state index is 0.0224. The van der Waals surface area contributed by atoms with Gasteiger partial charge in [0, 0.05) is 31.9 Å². The number of hydrogen-bond donors (Lipinski definition) is 0. The lowest BCUT2D eigenvalue weighted by Crippen LogP contribution is -2.54. The molecule has 0 aliphatic carbocycles. The van der Waals surface area contributed by atoms with Crippen molar-refractivity contribution in [2.75, 3.05) is 24.5 Å². The highest BCUT2D eigenvalue weighted by Crippen LogP contribution is 2.30. The first-order valence-electron chi connectivity index (χ1n) is 10.6. The molecular weight excluding hydrogens is 447 g/mol. The Balaban J connectivity index is 1.93. The number of nitrogens with zero attached hydrogens (tertiary/aromatic N) is 6. The van der Waals surface area contributed by atoms with Crippen LogP contribution in [0.3, 0.4) is 0 Å². The van der Waals surface area contributed by atoms with Gasteiger partial charge in [0.05, 0.1) is 16.8 Å². The highest BCUT2D eigenvalue weighted by molar-refractivity contribution is 6.30. The van der Waals surface area contributed by atoms with Gasteiger partial charge in [0.2, 0.25) is 5.91 Å². The largest absolute Gasteiger partial charge is 0.355 e. The van der Waals surface area contributed by atoms with Gasteiger partial charge in [-0.25, -0.2) is 18.7 Å². The number of aromatic nitrogens is 4. The zero-order valence-corrected chi connectivity index (χ0v) is 19.4. The maximum Gasteiger partial charge on any atom is 0.355 e. The van der Waals surface area contributed by atoms with Crippen LogP contribution in [0, 0.1) is 5.82 Å². The molecule has 0 unspecified atom stereocenters. The second-order valence-corrected chi connectivity index (χ2v) is 8.64. The summed E-state index contributed by atoms with van der Waals surface area (Å²) in [6.45, 7) is 10.6. The van der Waals surface area contributed by atoms with E-state index in [-0.39, 0.29) is 28.7 Å². The minimum Gasteiger partial charge on any atom is -0.350 e. The van der Waals surface area contributed by atoms with Crippen LogP contribution in [0.2, 0.25) is 5.15 Å². The average Bonchev–Trinajstić information content (AvgIpc) is 2.79. The highest BCUT2D eigenvalue weighted by Gasteiger charge is 2.30. The van der Waals surface area contributed by atoms with E-state index in [0.717, 1.165) is 0 Å². The second-order valence-electron chi connectivity index (χ2n) is 8.28. The molecule has 1 aliphatic heterocycles. The number of carbonyl (C=O) groups excluding carboxylic acids is 1. The fraction of sp³-hybridized carbons (Fsp3) is 0.348. The lowest BCUT2D eigenvalue weighted by molar-refractivity contribution is -0.126. The fourth-order valence-electron chi connectivity index (χ4n) is 4.16. The van der Waals surface area contributed by atoms with Crippen molar-refractivity contribution in [1.82, 2.24) is 24.4 Å². The lowest BCUT2D eigenvalue weighted by atomic mass is 10.1. The molecule has 0 saturated carbocycles. The Morgan fingerprint density at radius 1 is 1.33 bits per heavy atom. The van der Waals surface area contributed by atoms with E-state index in [2.05, 4.69) is 21.5 Å². The first-order valence-corrected chi connectivity index (χ1v) is 11.0. The summed E-state index contributed by atoms with van der Waals surface area (Å²) in [6.07, 6.45) is 2.93. The van der Waals surface area contributed by atoms with Crippen LogP contribution >= 0.6 is 11.6 Å². The van der Waals surface area contributed by atoms with Crippen LogP contribution in [-0.2, 0) is 4.79 Å². The number of anilines is 1. The molecule has 4 heterocycles. The Hall–Kier alpha value is -3.33. The van der Waals surface area contributed by atoms with Crippen LogP contribution in [0.1, 0.15) is 32.4 Å². The van der Waals surface area contributed by atoms with E-state index in [4.69, 9.17) is 11.6 Å². The highest BCUT2D eigenvalue weighted by atomic mass is 35.5. The number of amides is 1. The molecule has 4 rings (SSSR count). The van der Waals surface area contributed by atoms with Crippen molar-refractivity contribution < 1.29 is 9.18 Å². The molecule has 1 saturated heterocycles. The number of piperazine rings is 1. The summed E-state index contributed by atoms with van der Waals surface area (Å²) in [4.78, 5) is 41.9. The third-order valence-electron chi connectivity index (χ3n) is 5.75. The number of carbonyl (C=O) groups is 1. The van der Waals surface area contributed by atoms with Crippen LogP contribution in [0.4, 0.5) is 10.2 Å². The van der Waals surface area contributed by atoms with Crippen molar-refractivity contribution in [2.24, 2.45) is 0 Å². The topological polar surface area (TPSA) is 84.2 Å². The predicted octanol–water partition coefficient (Wildman–Crippen LogP) is 3.31. The lowest BCUT2D eigenvalue weighted by Gasteiger charge is -2.40. The van der Waals surface area contributed by atoms with E-state index in [0.29, 0.717) is 42.2 Å². The van der Waals surface area contributed by atoms with Gasteiger partial charge < -0.3 is 9.80 Å². The summed E-state index contributed by atoms with van der Waals surface area (Å²) in [6, 6.07) is 4.56. The minimum atomic E-state index is -0.708. The van der Waals surface area contributed by atoms with Gasteiger partial charge >= 0.3 is 5.69 Å². The molecule has 1 atom stereocenters. The summed E-state index contributed by atoms with van der Waals surface area (Å²) < 4.78 is 15.9. The van der Waals surface area contributed by atoms with E-state index in [1.807, 2.05) is 25.7 Å². The van der Waals surface area contributed by atoms with E-state index in [1.54, 1.807) is 23.2 Å². The molecule has 0 spiro atoms. The number of pyridine rings is 2. The average molecular weight is 471 g/mol. The standard InChI is InChI=1S/C23H24ClFN6O2/c1-5-18(32)29-9-10-30(14(4)12-29)21-15-11-16(25)20(24)27-22(15)31(23(33)28-21)17-7-6-8-26-19(17)13(2)3/h5-8,11,13-14H,1,9-10,12H2,2-4H3/t14-/m0/s1. The number of hydrogen-bond acceptors (Lipinski definition) is 6. The maximum absolute atomic E-state index is 14.5. The van der Waals surface area contributed by atoms with Gasteiger partial charge in [0.15, 0.2) is 16.6 Å². The predicted molar refractivity (Wildman–Crippen MR) is 126 cm³/mol. The van der Waals surface area contributed by atoms with E-state index in [9.17, 15) is 14.0 Å². The molecule has 1 amide bonds. The fourth-order valence-corrected chi connectivity index (χ4v) is 4.30. The van der Waals surface area contributed by atoms with Crippen molar-refractivity contribution in [2.45, 2.75) is 32.7 Å². The first-order chi connectivity index (χ1) is 15.7. The van der Waals surface area contributed by atoms with Gasteiger partial charge in [-0.15, -0.1) is 0 Å². The number of fused-ring (bicyclic) bond motifs is 1. The quantitative estimate of drug-likeness (QED) is 0.429. The van der Waals surface area contributed by atoms with E-state index in [1.165, 1.54) is 16.7 Å². The van der Waals surface area contributed by atoms with Gasteiger partial charge in [-0.2, -0.15) is 4.98 Å². The van der Waals surface area contributed by atoms with Crippen LogP contribution in [-0.4, -0.2) is 56.0 Å². The van der Waals surface area contributed by atoms with Crippen molar-refractivity contribution in [1.29, 1.82) is 0 Å². The SMILES string of the molecule is C=CC(=O)N1CCN(c2nc(=O)n(-c3cccnc3C(C)C)c3nc(Cl)c(F)cc23)[C@@H](C)C1. The monoisotopic (exact) mass is 470 g/mol. The molecule has 10 heteroatoms. The maximum atomic E-state index is 14.5. The summed E-state index contributed by atoms with van der Waals surface area (Å²) in [7, 11) is 0. The molecule has 0 aromatic carbocycles. The molecule has 33 heavy (non-hydrogen) atoms. The molecular formula is C23H24ClFN6O2. The van der Waals surface area contributed by atoms with Gasteiger partial charge in [-0.1, -0.05) is 32.0 Å². The zero-order valence-electron chi connectivity index (χ0n) is 18.6. The van der Waals surface area contributed by atoms with Crippen LogP contribution in [0.25, 0.3) is 16.7 Å². The molecule has 3 aromatic rings. The third kappa shape index (κ3) is 4.08. The Kier molecular flexibility index (Phi) is 6.16. The number of halogens is 2. The van der Waals surface area contributed by atoms with Crippen molar-refractivity contribution in [3.05, 3.63) is 64.2 Å². The van der Waals surface area contributed by atoms with Crippen LogP contribution in [0.5, 0.6) is 0 Å². The Labute approximate surface area is 195 Å². The first kappa shape index (κ1) is 22.8. The van der Waals surface area contributed by atoms with Crippen LogP contribution < -0.4 is 10.6 Å². The molecule has 3 aromatic heterocycles. The Bertz CT molecular complexity index is 1310. The molecule has 0 bridgehead atoms. The van der Waals surface area contributed by atoms with Gasteiger partial charge in [0.1, 0.15) is 5.82 Å². The summed E-state index contributed by atoms with van der Waals surface area (Å²) in [5.41, 5.74) is 0.830. The normalized spacial score (nSPS) is 16.5. The van der Waals surface area contributed by atoms with Crippen molar-refractivity contribution >= 4 is 34.4 Å². The second kappa shape index (κ2) is 8.90. The van der Waals surface area contributed by atoms with E-state index < -0.39 is 11.5 Å². The van der Waals surface area contributed by atoms with Gasteiger partial charge in [-0.05, 0) is 37.1 Å². The Morgan fingerprint density at radius 2 is 2.09 bits per heavy atom. The smallest absolute Gasteiger partial charge is 0.350 e. The van der Waals surface area contributed by atoms with Crippen LogP contribution in [0.15, 0.2) is 41.8 Å². The number of rotatable bonds is 4. The zero-order chi connectivity index (χ0) is 23.9. The molecule has 1 aliphatic rings. The molecule has 172 valence electrons. The summed E-state index contributed by atoms with van der Waals surface area (Å²) >= 11 is 6.03. The molecule has 0 radical (unpaired) electrons. The van der Waals surface area contributed by atoms with Crippen molar-refractivity contribution in [3.63, 3.8) is 0 Å². The van der Waals surface area contributed by atoms with Gasteiger partial charge in [0.25, 0.3) is 0 Å². The molecule has 1 fully saturated rings. The Morgan fingerprint density at radius 3 is 2.76 bits per heavy atom. The summed E-state index contributed by atoms with van der Waals surface area (Å²) in [5.74, 6) is -0.537. The van der Waals surface area contributed by atoms with Crippen molar-refractivity contribution in [3.8, 4) is 5.69 Å². The summed E-state index contributed by atoms with van der Waals surface area (Å²) in [5, 5.41) is 0.0163. The third-order valence-corrected chi connectivity index (χ3v) is 6.01. The molecule has 8 nitrogen and oxygen atoms in total. The molecule has 0 N–H and O–H groups in total. The van der Waals surface area contributed by atoms with E-state index >= 15 is 0 Å². The van der Waals surface area contributed by atoms with Gasteiger partial charge in [-0.3, -0.25) is 9.78 Å².